The minimum Gasteiger partial charge on any atom is -0.497 e. The second-order valence-electron chi connectivity index (χ2n) is 10.2. The standard InChI is InChI=1S/C31H35Cl2N3O5S/c1-3-29(31(38)34-22-10-7-8-11-22)35(20-26-27(32)14-9-15-28(26)33)30(37)21-36(23-16-18-24(41-2)19-17-23)42(39,40)25-12-5-4-6-13-25/h4-6,9,12-19,22,29H,3,7-8,10-11,20-21H2,1-2H3,(H,34,38)/t29-/m0/s1. The van der Waals surface area contributed by atoms with Crippen molar-refractivity contribution in [3.63, 3.8) is 0 Å². The third-order valence-electron chi connectivity index (χ3n) is 7.45. The molecule has 42 heavy (non-hydrogen) atoms. The van der Waals surface area contributed by atoms with Crippen molar-refractivity contribution in [3.05, 3.63) is 88.4 Å². The first-order chi connectivity index (χ1) is 20.1. The van der Waals surface area contributed by atoms with Crippen molar-refractivity contribution in [1.29, 1.82) is 0 Å². The molecule has 1 aliphatic rings. The predicted octanol–water partition coefficient (Wildman–Crippen LogP) is 6.06. The number of ether oxygens (including phenoxy) is 1. The number of rotatable bonds is 12. The van der Waals surface area contributed by atoms with Gasteiger partial charge in [0.15, 0.2) is 0 Å². The van der Waals surface area contributed by atoms with Crippen LogP contribution >= 0.6 is 23.2 Å². The van der Waals surface area contributed by atoms with Gasteiger partial charge in [0.05, 0.1) is 17.7 Å². The van der Waals surface area contributed by atoms with Crippen molar-refractivity contribution < 1.29 is 22.7 Å². The molecule has 11 heteroatoms. The summed E-state index contributed by atoms with van der Waals surface area (Å²) in [5.41, 5.74) is 0.746. The summed E-state index contributed by atoms with van der Waals surface area (Å²) >= 11 is 13.0. The van der Waals surface area contributed by atoms with Gasteiger partial charge in [-0.1, -0.05) is 67.2 Å². The highest BCUT2D eigenvalue weighted by molar-refractivity contribution is 7.92. The molecule has 4 rings (SSSR count). The van der Waals surface area contributed by atoms with E-state index in [9.17, 15) is 18.0 Å². The number of halogens is 2. The Kier molecular flexibility index (Phi) is 10.8. The second kappa shape index (κ2) is 14.3. The number of carbonyl (C=O) groups is 2. The van der Waals surface area contributed by atoms with Gasteiger partial charge < -0.3 is 15.0 Å². The van der Waals surface area contributed by atoms with Gasteiger partial charge in [-0.3, -0.25) is 13.9 Å². The molecule has 0 aromatic heterocycles. The average Bonchev–Trinajstić information content (AvgIpc) is 3.50. The molecule has 1 saturated carbocycles. The zero-order valence-corrected chi connectivity index (χ0v) is 26.0. The monoisotopic (exact) mass is 631 g/mol. The van der Waals surface area contributed by atoms with Crippen molar-refractivity contribution >= 4 is 50.7 Å². The number of methoxy groups -OCH3 is 1. The fourth-order valence-corrected chi connectivity index (χ4v) is 7.09. The van der Waals surface area contributed by atoms with Gasteiger partial charge in [-0.2, -0.15) is 0 Å². The zero-order valence-electron chi connectivity index (χ0n) is 23.6. The summed E-state index contributed by atoms with van der Waals surface area (Å²) in [5.74, 6) is -0.329. The Morgan fingerprint density at radius 3 is 2.14 bits per heavy atom. The van der Waals surface area contributed by atoms with Gasteiger partial charge in [-0.05, 0) is 67.8 Å². The molecule has 1 atom stereocenters. The zero-order chi connectivity index (χ0) is 30.3. The van der Waals surface area contributed by atoms with Crippen LogP contribution < -0.4 is 14.4 Å². The Labute approximate surface area is 257 Å². The van der Waals surface area contributed by atoms with E-state index in [0.29, 0.717) is 27.8 Å². The Bertz CT molecular complexity index is 1460. The van der Waals surface area contributed by atoms with Gasteiger partial charge in [0.2, 0.25) is 11.8 Å². The molecule has 1 fully saturated rings. The maximum Gasteiger partial charge on any atom is 0.264 e. The number of carbonyl (C=O) groups excluding carboxylic acids is 2. The van der Waals surface area contributed by atoms with E-state index in [1.54, 1.807) is 60.7 Å². The average molecular weight is 633 g/mol. The molecule has 3 aromatic rings. The number of amides is 2. The van der Waals surface area contributed by atoms with Crippen LogP contribution in [0.5, 0.6) is 5.75 Å². The Morgan fingerprint density at radius 2 is 1.57 bits per heavy atom. The van der Waals surface area contributed by atoms with Crippen LogP contribution in [-0.2, 0) is 26.2 Å². The SMILES string of the molecule is CC[C@@H](C(=O)NC1CCCC1)N(Cc1c(Cl)cccc1Cl)C(=O)CN(c1ccc(OC)cc1)S(=O)(=O)c1ccccc1. The molecule has 0 spiro atoms. The minimum atomic E-state index is -4.17. The Hall–Kier alpha value is -3.27. The highest BCUT2D eigenvalue weighted by atomic mass is 35.5. The Morgan fingerprint density at radius 1 is 0.952 bits per heavy atom. The summed E-state index contributed by atoms with van der Waals surface area (Å²) < 4.78 is 34.1. The van der Waals surface area contributed by atoms with Crippen LogP contribution in [-0.4, -0.2) is 50.9 Å². The molecule has 3 aromatic carbocycles. The minimum absolute atomic E-state index is 0.0281. The van der Waals surface area contributed by atoms with Crippen molar-refractivity contribution in [2.45, 2.75) is 62.6 Å². The van der Waals surface area contributed by atoms with E-state index in [2.05, 4.69) is 5.32 Å². The highest BCUT2D eigenvalue weighted by Crippen LogP contribution is 2.29. The topological polar surface area (TPSA) is 96.0 Å². The molecule has 0 heterocycles. The first-order valence-corrected chi connectivity index (χ1v) is 16.1. The number of hydrogen-bond acceptors (Lipinski definition) is 5. The fraction of sp³-hybridized carbons (Fsp3) is 0.355. The summed E-state index contributed by atoms with van der Waals surface area (Å²) in [6, 6.07) is 18.5. The summed E-state index contributed by atoms with van der Waals surface area (Å²) in [6.45, 7) is 1.18. The van der Waals surface area contributed by atoms with Crippen LogP contribution in [0.1, 0.15) is 44.6 Å². The quantitative estimate of drug-likeness (QED) is 0.262. The number of nitrogens with one attached hydrogen (secondary N) is 1. The van der Waals surface area contributed by atoms with Gasteiger partial charge in [0.1, 0.15) is 18.3 Å². The molecule has 0 saturated heterocycles. The fourth-order valence-electron chi connectivity index (χ4n) is 5.14. The lowest BCUT2D eigenvalue weighted by molar-refractivity contribution is -0.140. The van der Waals surface area contributed by atoms with Crippen LogP contribution in [0.2, 0.25) is 10.0 Å². The normalized spacial score (nSPS) is 14.3. The van der Waals surface area contributed by atoms with Crippen LogP contribution in [0, 0.1) is 0 Å². The summed E-state index contributed by atoms with van der Waals surface area (Å²) in [7, 11) is -2.66. The molecule has 8 nitrogen and oxygen atoms in total. The summed E-state index contributed by atoms with van der Waals surface area (Å²) in [4.78, 5) is 29.2. The lowest BCUT2D eigenvalue weighted by Gasteiger charge is -2.34. The molecule has 0 radical (unpaired) electrons. The van der Waals surface area contributed by atoms with Gasteiger partial charge in [-0.15, -0.1) is 0 Å². The maximum atomic E-state index is 14.2. The van der Waals surface area contributed by atoms with Crippen LogP contribution in [0.15, 0.2) is 77.7 Å². The number of nitrogens with zero attached hydrogens (tertiary/aromatic N) is 2. The number of anilines is 1. The van der Waals surface area contributed by atoms with Crippen molar-refractivity contribution in [2.75, 3.05) is 18.0 Å². The molecule has 1 N–H and O–H groups in total. The predicted molar refractivity (Wildman–Crippen MR) is 165 cm³/mol. The third kappa shape index (κ3) is 7.38. The first-order valence-electron chi connectivity index (χ1n) is 13.9. The molecule has 2 amide bonds. The maximum absolute atomic E-state index is 14.2. The lowest BCUT2D eigenvalue weighted by atomic mass is 10.1. The van der Waals surface area contributed by atoms with Crippen LogP contribution in [0.25, 0.3) is 0 Å². The molecule has 0 unspecified atom stereocenters. The summed E-state index contributed by atoms with van der Waals surface area (Å²) in [5, 5.41) is 3.78. The van der Waals surface area contributed by atoms with Crippen LogP contribution in [0.3, 0.4) is 0 Å². The number of benzene rings is 3. The van der Waals surface area contributed by atoms with E-state index in [-0.39, 0.29) is 29.1 Å². The molecule has 0 bridgehead atoms. The number of hydrogen-bond donors (Lipinski definition) is 1. The van der Waals surface area contributed by atoms with Crippen molar-refractivity contribution in [3.8, 4) is 5.75 Å². The largest absolute Gasteiger partial charge is 0.497 e. The van der Waals surface area contributed by atoms with E-state index >= 15 is 0 Å². The molecule has 0 aliphatic heterocycles. The van der Waals surface area contributed by atoms with Crippen molar-refractivity contribution in [1.82, 2.24) is 10.2 Å². The van der Waals surface area contributed by atoms with Gasteiger partial charge >= 0.3 is 0 Å². The van der Waals surface area contributed by atoms with E-state index in [0.717, 1.165) is 30.0 Å². The molecular formula is C31H35Cl2N3O5S. The highest BCUT2D eigenvalue weighted by Gasteiger charge is 2.35. The first kappa shape index (κ1) is 31.7. The molecule has 1 aliphatic carbocycles. The van der Waals surface area contributed by atoms with E-state index in [1.807, 2.05) is 6.92 Å². The second-order valence-corrected chi connectivity index (χ2v) is 12.8. The van der Waals surface area contributed by atoms with Crippen LogP contribution in [0.4, 0.5) is 5.69 Å². The smallest absolute Gasteiger partial charge is 0.264 e. The summed E-state index contributed by atoms with van der Waals surface area (Å²) in [6.07, 6.45) is 4.14. The Balaban J connectivity index is 1.74. The number of sulfonamides is 1. The van der Waals surface area contributed by atoms with Gasteiger partial charge in [-0.25, -0.2) is 8.42 Å². The van der Waals surface area contributed by atoms with Gasteiger partial charge in [0.25, 0.3) is 10.0 Å². The van der Waals surface area contributed by atoms with Crippen molar-refractivity contribution in [2.24, 2.45) is 0 Å². The molecular weight excluding hydrogens is 597 g/mol. The van der Waals surface area contributed by atoms with E-state index < -0.39 is 28.5 Å². The van der Waals surface area contributed by atoms with Gasteiger partial charge in [0, 0.05) is 28.2 Å². The third-order valence-corrected chi connectivity index (χ3v) is 9.94. The molecule has 224 valence electrons. The van der Waals surface area contributed by atoms with E-state index in [1.165, 1.54) is 24.1 Å². The lowest BCUT2D eigenvalue weighted by Crippen LogP contribution is -2.53. The van der Waals surface area contributed by atoms with E-state index in [4.69, 9.17) is 27.9 Å².